The van der Waals surface area contributed by atoms with Gasteiger partial charge in [-0.3, -0.25) is 29.9 Å². The molecular formula is C11H11N3O5S. The summed E-state index contributed by atoms with van der Waals surface area (Å²) in [6.45, 7) is 1.64. The van der Waals surface area contributed by atoms with Crippen LogP contribution in [0.3, 0.4) is 0 Å². The first kappa shape index (κ1) is 14.3. The second-order valence-corrected chi connectivity index (χ2v) is 5.26. The molecule has 1 amide bonds. The van der Waals surface area contributed by atoms with E-state index < -0.39 is 27.1 Å². The summed E-state index contributed by atoms with van der Waals surface area (Å²) in [6.07, 6.45) is 0.102. The minimum atomic E-state index is -0.714. The van der Waals surface area contributed by atoms with Gasteiger partial charge in [-0.05, 0) is 12.5 Å². The fourth-order valence-corrected chi connectivity index (χ4v) is 2.52. The maximum Gasteiger partial charge on any atom is 0.300 e. The average molecular weight is 297 g/mol. The third kappa shape index (κ3) is 2.44. The third-order valence-corrected chi connectivity index (χ3v) is 3.33. The number of rotatable bonds is 3. The van der Waals surface area contributed by atoms with E-state index in [1.165, 1.54) is 19.1 Å². The number of nitro groups is 2. The lowest BCUT2D eigenvalue weighted by Crippen LogP contribution is -2.26. The molecule has 1 aromatic rings. The van der Waals surface area contributed by atoms with Gasteiger partial charge in [-0.25, -0.2) is 0 Å². The van der Waals surface area contributed by atoms with Gasteiger partial charge in [0, 0.05) is 30.3 Å². The molecule has 1 heterocycles. The Labute approximate surface area is 119 Å². The third-order valence-electron chi connectivity index (χ3n) is 2.98. The summed E-state index contributed by atoms with van der Waals surface area (Å²) in [4.78, 5) is 33.7. The van der Waals surface area contributed by atoms with Gasteiger partial charge in [0.2, 0.25) is 11.6 Å². The Kier molecular flexibility index (Phi) is 3.62. The quantitative estimate of drug-likeness (QED) is 0.520. The molecule has 1 aromatic carbocycles. The van der Waals surface area contributed by atoms with Crippen LogP contribution in [-0.2, 0) is 4.79 Å². The van der Waals surface area contributed by atoms with Crippen LogP contribution in [0, 0.1) is 27.2 Å². The van der Waals surface area contributed by atoms with E-state index >= 15 is 0 Å². The summed E-state index contributed by atoms with van der Waals surface area (Å²) in [6, 6.07) is 2.45. The number of aryl methyl sites for hydroxylation is 1. The highest BCUT2D eigenvalue weighted by Crippen LogP contribution is 2.40. The highest BCUT2D eigenvalue weighted by atomic mass is 32.1. The molecule has 0 bridgehead atoms. The maximum atomic E-state index is 11.9. The first-order valence-electron chi connectivity index (χ1n) is 5.73. The summed E-state index contributed by atoms with van der Waals surface area (Å²) in [5.41, 5.74) is -0.742. The van der Waals surface area contributed by atoms with E-state index in [9.17, 15) is 25.0 Å². The molecule has 106 valence electrons. The summed E-state index contributed by atoms with van der Waals surface area (Å²) < 4.78 is 0. The number of carbonyl (C=O) groups excluding carboxylic acids is 1. The van der Waals surface area contributed by atoms with E-state index in [1.54, 1.807) is 0 Å². The van der Waals surface area contributed by atoms with Crippen molar-refractivity contribution >= 4 is 35.6 Å². The van der Waals surface area contributed by atoms with Crippen LogP contribution in [0.15, 0.2) is 12.1 Å². The largest absolute Gasteiger partial charge is 0.300 e. The predicted octanol–water partition coefficient (Wildman–Crippen LogP) is 1.85. The zero-order valence-corrected chi connectivity index (χ0v) is 11.4. The van der Waals surface area contributed by atoms with E-state index in [4.69, 9.17) is 0 Å². The maximum absolute atomic E-state index is 11.9. The minimum Gasteiger partial charge on any atom is -0.300 e. The Morgan fingerprint density at radius 1 is 1.25 bits per heavy atom. The molecule has 0 N–H and O–H groups in total. The van der Waals surface area contributed by atoms with Crippen LogP contribution >= 0.6 is 12.6 Å². The number of amides is 1. The number of benzene rings is 1. The predicted molar refractivity (Wildman–Crippen MR) is 74.2 cm³/mol. The van der Waals surface area contributed by atoms with Gasteiger partial charge in [-0.15, -0.1) is 0 Å². The Balaban J connectivity index is 2.68. The molecule has 20 heavy (non-hydrogen) atoms. The monoisotopic (exact) mass is 297 g/mol. The molecule has 1 saturated heterocycles. The standard InChI is InChI=1S/C11H11N3O5S/c1-6-2-8(13(16)17)11(9(3-6)14(18)19)12-5-7(20)4-10(12)15/h2-3,7,20H,4-5H2,1H3. The molecule has 8 nitrogen and oxygen atoms in total. The number of carbonyl (C=O) groups is 1. The topological polar surface area (TPSA) is 107 Å². The van der Waals surface area contributed by atoms with Crippen LogP contribution in [-0.4, -0.2) is 27.5 Å². The van der Waals surface area contributed by atoms with Gasteiger partial charge in [0.1, 0.15) is 0 Å². The molecule has 1 aliphatic rings. The van der Waals surface area contributed by atoms with Crippen LogP contribution < -0.4 is 4.90 Å². The van der Waals surface area contributed by atoms with E-state index in [2.05, 4.69) is 12.6 Å². The van der Waals surface area contributed by atoms with Gasteiger partial charge in [0.25, 0.3) is 11.4 Å². The molecule has 1 atom stereocenters. The van der Waals surface area contributed by atoms with Crippen LogP contribution in [0.1, 0.15) is 12.0 Å². The molecule has 1 unspecified atom stereocenters. The molecular weight excluding hydrogens is 286 g/mol. The van der Waals surface area contributed by atoms with E-state index in [0.717, 1.165) is 4.90 Å². The summed E-state index contributed by atoms with van der Waals surface area (Å²) in [5, 5.41) is 22.0. The molecule has 0 aliphatic carbocycles. The minimum absolute atomic E-state index is 0.102. The van der Waals surface area contributed by atoms with Crippen molar-refractivity contribution in [3.8, 4) is 0 Å². The Hall–Kier alpha value is -2.16. The Morgan fingerprint density at radius 2 is 1.75 bits per heavy atom. The average Bonchev–Trinajstić information content (AvgIpc) is 2.66. The zero-order chi connectivity index (χ0) is 15.0. The van der Waals surface area contributed by atoms with Gasteiger partial charge in [-0.2, -0.15) is 12.6 Å². The summed E-state index contributed by atoms with van der Waals surface area (Å²) in [7, 11) is 0. The molecule has 9 heteroatoms. The number of nitrogens with zero attached hydrogens (tertiary/aromatic N) is 3. The first-order valence-corrected chi connectivity index (χ1v) is 6.24. The molecule has 0 radical (unpaired) electrons. The van der Waals surface area contributed by atoms with Crippen LogP contribution in [0.5, 0.6) is 0 Å². The summed E-state index contributed by atoms with van der Waals surface area (Å²) >= 11 is 4.15. The van der Waals surface area contributed by atoms with Crippen molar-refractivity contribution in [3.05, 3.63) is 37.9 Å². The fourth-order valence-electron chi connectivity index (χ4n) is 2.20. The molecule has 1 aliphatic heterocycles. The molecule has 0 spiro atoms. The van der Waals surface area contributed by atoms with Gasteiger partial charge < -0.3 is 0 Å². The number of hydrogen-bond acceptors (Lipinski definition) is 6. The number of hydrogen-bond donors (Lipinski definition) is 1. The fraction of sp³-hybridized carbons (Fsp3) is 0.364. The van der Waals surface area contributed by atoms with E-state index in [0.29, 0.717) is 5.56 Å². The van der Waals surface area contributed by atoms with Crippen molar-refractivity contribution in [2.24, 2.45) is 0 Å². The van der Waals surface area contributed by atoms with Crippen molar-refractivity contribution < 1.29 is 14.6 Å². The number of thiol groups is 1. The van der Waals surface area contributed by atoms with Crippen LogP contribution in [0.25, 0.3) is 0 Å². The molecule has 2 rings (SSSR count). The van der Waals surface area contributed by atoms with Crippen molar-refractivity contribution in [2.75, 3.05) is 11.4 Å². The lowest BCUT2D eigenvalue weighted by Gasteiger charge is -2.16. The Morgan fingerprint density at radius 3 is 2.10 bits per heavy atom. The highest BCUT2D eigenvalue weighted by molar-refractivity contribution is 7.81. The van der Waals surface area contributed by atoms with Crippen molar-refractivity contribution in [2.45, 2.75) is 18.6 Å². The smallest absolute Gasteiger partial charge is 0.300 e. The van der Waals surface area contributed by atoms with E-state index in [1.807, 2.05) is 0 Å². The normalized spacial score (nSPS) is 18.4. The van der Waals surface area contributed by atoms with Gasteiger partial charge >= 0.3 is 0 Å². The van der Waals surface area contributed by atoms with Gasteiger partial charge in [0.05, 0.1) is 9.85 Å². The van der Waals surface area contributed by atoms with Gasteiger partial charge in [-0.1, -0.05) is 0 Å². The lowest BCUT2D eigenvalue weighted by atomic mass is 10.1. The van der Waals surface area contributed by atoms with Crippen LogP contribution in [0.4, 0.5) is 17.1 Å². The number of nitro benzene ring substituents is 2. The second kappa shape index (κ2) is 5.08. The Bertz CT molecular complexity index is 583. The van der Waals surface area contributed by atoms with Gasteiger partial charge in [0.15, 0.2) is 0 Å². The second-order valence-electron chi connectivity index (χ2n) is 4.53. The van der Waals surface area contributed by atoms with Crippen molar-refractivity contribution in [3.63, 3.8) is 0 Å². The van der Waals surface area contributed by atoms with Crippen LogP contribution in [0.2, 0.25) is 0 Å². The SMILES string of the molecule is Cc1cc([N+](=O)[O-])c(N2CC(S)CC2=O)c([N+](=O)[O-])c1. The van der Waals surface area contributed by atoms with Crippen molar-refractivity contribution in [1.29, 1.82) is 0 Å². The van der Waals surface area contributed by atoms with E-state index in [-0.39, 0.29) is 23.9 Å². The molecule has 0 saturated carbocycles. The first-order chi connectivity index (χ1) is 9.31. The summed E-state index contributed by atoms with van der Waals surface area (Å²) in [5.74, 6) is -0.403. The molecule has 0 aromatic heterocycles. The lowest BCUT2D eigenvalue weighted by molar-refractivity contribution is -0.392. The van der Waals surface area contributed by atoms with Crippen molar-refractivity contribution in [1.82, 2.24) is 0 Å². The highest BCUT2D eigenvalue weighted by Gasteiger charge is 2.38. The molecule has 1 fully saturated rings. The number of anilines is 1. The zero-order valence-electron chi connectivity index (χ0n) is 10.5.